The molecule has 1 rings (SSSR count). The third kappa shape index (κ3) is 4.04. The number of hydrogen-bond donors (Lipinski definition) is 1. The van der Waals surface area contributed by atoms with Crippen LogP contribution in [0, 0.1) is 0 Å². The molecule has 0 atom stereocenters. The van der Waals surface area contributed by atoms with Crippen LogP contribution in [0.3, 0.4) is 0 Å². The van der Waals surface area contributed by atoms with E-state index in [1.807, 2.05) is 0 Å². The smallest absolute Gasteiger partial charge is 0.460 e. The molecule has 25 heavy (non-hydrogen) atoms. The largest absolute Gasteiger partial charge is 0.507 e. The van der Waals surface area contributed by atoms with E-state index in [1.165, 1.54) is 0 Å². The van der Waals surface area contributed by atoms with Gasteiger partial charge in [-0.3, -0.25) is 4.79 Å². The standard InChI is InChI=1S/C13H6F10O2/c14-10(15,12(19,20)13(21,22)23)9(25)5-8(24)6-2-1-3-7(4-6)11(16,17)18/h1-5,24H/b8-5-. The molecule has 1 N–H and O–H groups in total. The molecule has 0 aliphatic heterocycles. The predicted octanol–water partition coefficient (Wildman–Crippen LogP) is 5.01. The summed E-state index contributed by atoms with van der Waals surface area (Å²) in [4.78, 5) is 11.0. The van der Waals surface area contributed by atoms with Crippen LogP contribution in [0.2, 0.25) is 0 Å². The van der Waals surface area contributed by atoms with E-state index in [1.54, 1.807) is 0 Å². The van der Waals surface area contributed by atoms with E-state index in [9.17, 15) is 53.8 Å². The minimum Gasteiger partial charge on any atom is -0.507 e. The quantitative estimate of drug-likeness (QED) is 0.450. The van der Waals surface area contributed by atoms with Gasteiger partial charge in [-0.15, -0.1) is 0 Å². The molecular formula is C13H6F10O2. The Morgan fingerprint density at radius 3 is 1.88 bits per heavy atom. The number of hydrogen-bond acceptors (Lipinski definition) is 2. The summed E-state index contributed by atoms with van der Waals surface area (Å²) < 4.78 is 125. The van der Waals surface area contributed by atoms with Crippen molar-refractivity contribution in [3.63, 3.8) is 0 Å². The minimum atomic E-state index is -6.77. The number of alkyl halides is 10. The van der Waals surface area contributed by atoms with Crippen LogP contribution in [-0.4, -0.2) is 28.9 Å². The molecule has 0 amide bonds. The summed E-state index contributed by atoms with van der Waals surface area (Å²) in [6.07, 6.45) is -12.4. The van der Waals surface area contributed by atoms with Crippen LogP contribution in [0.4, 0.5) is 43.9 Å². The molecule has 140 valence electrons. The highest BCUT2D eigenvalue weighted by Gasteiger charge is 2.75. The molecule has 0 bridgehead atoms. The number of aliphatic hydroxyl groups excluding tert-OH is 1. The van der Waals surface area contributed by atoms with Gasteiger partial charge in [-0.2, -0.15) is 43.9 Å². The molecule has 0 radical (unpaired) electrons. The highest BCUT2D eigenvalue weighted by molar-refractivity contribution is 6.01. The number of benzene rings is 1. The van der Waals surface area contributed by atoms with Crippen molar-refractivity contribution < 1.29 is 53.8 Å². The van der Waals surface area contributed by atoms with E-state index >= 15 is 0 Å². The second kappa shape index (κ2) is 6.23. The van der Waals surface area contributed by atoms with Gasteiger partial charge in [0.25, 0.3) is 0 Å². The third-order valence-electron chi connectivity index (χ3n) is 2.81. The van der Waals surface area contributed by atoms with Crippen LogP contribution in [-0.2, 0) is 11.0 Å². The molecule has 2 nitrogen and oxygen atoms in total. The van der Waals surface area contributed by atoms with E-state index in [0.717, 1.165) is 0 Å². The Kier molecular flexibility index (Phi) is 5.17. The van der Waals surface area contributed by atoms with Gasteiger partial charge in [0.05, 0.1) is 5.56 Å². The molecular weight excluding hydrogens is 378 g/mol. The predicted molar refractivity (Wildman–Crippen MR) is 63.0 cm³/mol. The number of allylic oxidation sites excluding steroid dienone is 1. The molecule has 0 aliphatic carbocycles. The Morgan fingerprint density at radius 1 is 0.920 bits per heavy atom. The number of carbonyl (C=O) groups excluding carboxylic acids is 1. The fourth-order valence-electron chi connectivity index (χ4n) is 1.49. The molecule has 0 fully saturated rings. The van der Waals surface area contributed by atoms with Gasteiger partial charge in [0, 0.05) is 11.6 Å². The molecule has 0 unspecified atom stereocenters. The number of ketones is 1. The summed E-state index contributed by atoms with van der Waals surface area (Å²) >= 11 is 0. The number of aliphatic hydroxyl groups is 1. The van der Waals surface area contributed by atoms with Gasteiger partial charge in [-0.1, -0.05) is 12.1 Å². The van der Waals surface area contributed by atoms with Crippen LogP contribution in [0.5, 0.6) is 0 Å². The average molecular weight is 384 g/mol. The molecule has 0 aromatic heterocycles. The van der Waals surface area contributed by atoms with Crippen LogP contribution in [0.1, 0.15) is 11.1 Å². The van der Waals surface area contributed by atoms with Gasteiger partial charge >= 0.3 is 24.2 Å². The maximum Gasteiger partial charge on any atom is 0.460 e. The maximum absolute atomic E-state index is 13.1. The lowest BCUT2D eigenvalue weighted by atomic mass is 10.0. The second-order valence-corrected chi connectivity index (χ2v) is 4.62. The molecule has 0 saturated heterocycles. The lowest BCUT2D eigenvalue weighted by Gasteiger charge is -2.26. The zero-order valence-corrected chi connectivity index (χ0v) is 11.5. The Bertz CT molecular complexity index is 685. The van der Waals surface area contributed by atoms with Gasteiger partial charge in [0.15, 0.2) is 0 Å². The Balaban J connectivity index is 3.25. The number of carbonyl (C=O) groups is 1. The fourth-order valence-corrected chi connectivity index (χ4v) is 1.49. The zero-order chi connectivity index (χ0) is 19.8. The first-order chi connectivity index (χ1) is 11.0. The molecule has 0 saturated carbocycles. The molecule has 1 aromatic rings. The highest BCUT2D eigenvalue weighted by Crippen LogP contribution is 2.47. The summed E-state index contributed by atoms with van der Waals surface area (Å²) in [6, 6.07) is 2.06. The van der Waals surface area contributed by atoms with E-state index in [0.29, 0.717) is 18.2 Å². The average Bonchev–Trinajstić information content (AvgIpc) is 2.44. The maximum atomic E-state index is 13.1. The van der Waals surface area contributed by atoms with E-state index in [-0.39, 0.29) is 6.07 Å². The highest BCUT2D eigenvalue weighted by atomic mass is 19.4. The van der Waals surface area contributed by atoms with Gasteiger partial charge in [0.1, 0.15) is 5.76 Å². The van der Waals surface area contributed by atoms with Crippen molar-refractivity contribution in [2.75, 3.05) is 0 Å². The third-order valence-corrected chi connectivity index (χ3v) is 2.81. The van der Waals surface area contributed by atoms with Crippen molar-refractivity contribution in [2.45, 2.75) is 24.2 Å². The Labute approximate surface area is 132 Å². The first-order valence-corrected chi connectivity index (χ1v) is 5.97. The van der Waals surface area contributed by atoms with Crippen molar-refractivity contribution in [3.05, 3.63) is 41.5 Å². The van der Waals surface area contributed by atoms with Crippen LogP contribution in [0.15, 0.2) is 30.3 Å². The molecule has 0 spiro atoms. The fraction of sp³-hybridized carbons (Fsp3) is 0.308. The monoisotopic (exact) mass is 384 g/mol. The lowest BCUT2D eigenvalue weighted by molar-refractivity contribution is -0.342. The first kappa shape index (κ1) is 20.8. The topological polar surface area (TPSA) is 37.3 Å². The molecule has 1 aromatic carbocycles. The van der Waals surface area contributed by atoms with Crippen LogP contribution >= 0.6 is 0 Å². The lowest BCUT2D eigenvalue weighted by Crippen LogP contribution is -2.55. The summed E-state index contributed by atoms with van der Waals surface area (Å²) in [5, 5.41) is 9.33. The van der Waals surface area contributed by atoms with Gasteiger partial charge in [0.2, 0.25) is 5.78 Å². The van der Waals surface area contributed by atoms with Crippen molar-refractivity contribution in [1.82, 2.24) is 0 Å². The molecule has 0 heterocycles. The summed E-state index contributed by atoms with van der Waals surface area (Å²) in [5.74, 6) is -17.8. The summed E-state index contributed by atoms with van der Waals surface area (Å²) in [5.41, 5.74) is -2.28. The summed E-state index contributed by atoms with van der Waals surface area (Å²) in [6.45, 7) is 0. The van der Waals surface area contributed by atoms with Crippen LogP contribution in [0.25, 0.3) is 5.76 Å². The molecule has 0 aliphatic rings. The molecule has 12 heteroatoms. The Morgan fingerprint density at radius 2 is 1.44 bits per heavy atom. The summed E-state index contributed by atoms with van der Waals surface area (Å²) in [7, 11) is 0. The zero-order valence-electron chi connectivity index (χ0n) is 11.5. The second-order valence-electron chi connectivity index (χ2n) is 4.62. The van der Waals surface area contributed by atoms with Crippen molar-refractivity contribution in [1.29, 1.82) is 0 Å². The van der Waals surface area contributed by atoms with E-state index in [2.05, 4.69) is 0 Å². The Hall–Kier alpha value is -2.27. The van der Waals surface area contributed by atoms with Crippen molar-refractivity contribution in [3.8, 4) is 0 Å². The van der Waals surface area contributed by atoms with Gasteiger partial charge in [-0.25, -0.2) is 0 Å². The van der Waals surface area contributed by atoms with Crippen molar-refractivity contribution in [2.24, 2.45) is 0 Å². The SMILES string of the molecule is O=C(/C=C(\O)c1cccc(C(F)(F)F)c1)C(F)(F)C(F)(F)C(F)(F)F. The minimum absolute atomic E-state index is 0.180. The van der Waals surface area contributed by atoms with E-state index in [4.69, 9.17) is 0 Å². The van der Waals surface area contributed by atoms with Gasteiger partial charge < -0.3 is 5.11 Å². The van der Waals surface area contributed by atoms with Crippen molar-refractivity contribution >= 4 is 11.5 Å². The number of rotatable bonds is 4. The van der Waals surface area contributed by atoms with Gasteiger partial charge in [-0.05, 0) is 12.1 Å². The normalized spacial score (nSPS) is 14.6. The number of halogens is 10. The van der Waals surface area contributed by atoms with E-state index < -0.39 is 52.9 Å². The van der Waals surface area contributed by atoms with Crippen LogP contribution < -0.4 is 0 Å². The first-order valence-electron chi connectivity index (χ1n) is 5.97.